The van der Waals surface area contributed by atoms with Gasteiger partial charge < -0.3 is 4.98 Å². The number of allylic oxidation sites excluding steroid dienone is 1. The number of hydrogen-bond donors (Lipinski definition) is 1. The van der Waals surface area contributed by atoms with Gasteiger partial charge in [0.15, 0.2) is 0 Å². The molecule has 2 unspecified atom stereocenters. The van der Waals surface area contributed by atoms with Crippen LogP contribution in [0.1, 0.15) is 25.0 Å². The first-order chi connectivity index (χ1) is 9.34. The maximum atomic E-state index is 4.57. The van der Waals surface area contributed by atoms with Crippen LogP contribution in [0.5, 0.6) is 0 Å². The molecule has 2 aromatic heterocycles. The maximum absolute atomic E-state index is 4.57. The van der Waals surface area contributed by atoms with Gasteiger partial charge in [-0.3, -0.25) is 4.90 Å². The molecule has 0 spiro atoms. The zero-order valence-electron chi connectivity index (χ0n) is 11.1. The van der Waals surface area contributed by atoms with E-state index in [-0.39, 0.29) is 0 Å². The van der Waals surface area contributed by atoms with Gasteiger partial charge in [-0.05, 0) is 50.4 Å². The van der Waals surface area contributed by atoms with Gasteiger partial charge in [-0.1, -0.05) is 6.08 Å². The minimum absolute atomic E-state index is 0.543. The van der Waals surface area contributed by atoms with Crippen LogP contribution in [0, 0.1) is 5.92 Å². The zero-order valence-corrected chi connectivity index (χ0v) is 11.1. The minimum atomic E-state index is 0.543. The van der Waals surface area contributed by atoms with Crippen molar-refractivity contribution in [3.05, 3.63) is 30.4 Å². The second kappa shape index (κ2) is 4.17. The predicted molar refractivity (Wildman–Crippen MR) is 75.6 cm³/mol. The second-order valence-electron chi connectivity index (χ2n) is 5.67. The third-order valence-corrected chi connectivity index (χ3v) is 4.62. The van der Waals surface area contributed by atoms with Gasteiger partial charge in [-0.15, -0.1) is 0 Å². The highest BCUT2D eigenvalue weighted by molar-refractivity contribution is 5.89. The first-order valence-corrected chi connectivity index (χ1v) is 7.03. The Morgan fingerprint density at radius 2 is 2.26 bits per heavy atom. The Bertz CT molecular complexity index is 642. The molecule has 2 aliphatic rings. The molecule has 3 heterocycles. The molecule has 1 saturated heterocycles. The molecule has 0 radical (unpaired) electrons. The van der Waals surface area contributed by atoms with E-state index in [1.54, 1.807) is 6.33 Å². The number of fused-ring (bicyclic) bond motifs is 2. The van der Waals surface area contributed by atoms with Crippen LogP contribution in [0.4, 0.5) is 0 Å². The molecule has 19 heavy (non-hydrogen) atoms. The summed E-state index contributed by atoms with van der Waals surface area (Å²) in [5.41, 5.74) is 3.46. The molecule has 1 aliphatic heterocycles. The summed E-state index contributed by atoms with van der Waals surface area (Å²) in [4.78, 5) is 14.5. The zero-order chi connectivity index (χ0) is 12.8. The summed E-state index contributed by atoms with van der Waals surface area (Å²) in [5, 5.41) is 1.15. The lowest BCUT2D eigenvalue weighted by Gasteiger charge is -2.31. The highest BCUT2D eigenvalue weighted by atomic mass is 15.2. The summed E-state index contributed by atoms with van der Waals surface area (Å²) in [7, 11) is 2.24. The number of likely N-dealkylation sites (tertiary alicyclic amines) is 1. The Balaban J connectivity index is 1.87. The molecule has 1 N–H and O–H groups in total. The third-order valence-electron chi connectivity index (χ3n) is 4.62. The molecule has 0 bridgehead atoms. The fraction of sp³-hybridized carbons (Fsp3) is 0.467. The van der Waals surface area contributed by atoms with Gasteiger partial charge in [-0.25, -0.2) is 9.97 Å². The molecule has 98 valence electrons. The number of rotatable bonds is 1. The van der Waals surface area contributed by atoms with Gasteiger partial charge in [0.2, 0.25) is 0 Å². The van der Waals surface area contributed by atoms with Crippen molar-refractivity contribution in [2.45, 2.75) is 25.3 Å². The summed E-state index contributed by atoms with van der Waals surface area (Å²) in [6.07, 6.45) is 9.83. The lowest BCUT2D eigenvalue weighted by Crippen LogP contribution is -2.32. The Morgan fingerprint density at radius 1 is 1.32 bits per heavy atom. The first-order valence-electron chi connectivity index (χ1n) is 7.03. The Morgan fingerprint density at radius 3 is 3.21 bits per heavy atom. The number of aromatic amines is 1. The fourth-order valence-corrected chi connectivity index (χ4v) is 3.73. The van der Waals surface area contributed by atoms with E-state index in [4.69, 9.17) is 0 Å². The summed E-state index contributed by atoms with van der Waals surface area (Å²) >= 11 is 0. The van der Waals surface area contributed by atoms with Crippen LogP contribution in [0.15, 0.2) is 24.7 Å². The SMILES string of the molecule is CN1CCC2CCC=C(c3ncnc4[nH]ccc34)C21. The lowest BCUT2D eigenvalue weighted by atomic mass is 9.82. The van der Waals surface area contributed by atoms with E-state index in [2.05, 4.69) is 39.0 Å². The van der Waals surface area contributed by atoms with E-state index < -0.39 is 0 Å². The molecule has 4 nitrogen and oxygen atoms in total. The molecule has 1 fully saturated rings. The average Bonchev–Trinajstić information content (AvgIpc) is 3.05. The quantitative estimate of drug-likeness (QED) is 0.850. The van der Waals surface area contributed by atoms with E-state index >= 15 is 0 Å². The molecule has 0 amide bonds. The fourth-order valence-electron chi connectivity index (χ4n) is 3.73. The van der Waals surface area contributed by atoms with Crippen LogP contribution in [0.2, 0.25) is 0 Å². The summed E-state index contributed by atoms with van der Waals surface area (Å²) in [6, 6.07) is 2.63. The van der Waals surface area contributed by atoms with E-state index in [0.717, 1.165) is 22.6 Å². The molecule has 2 atom stereocenters. The van der Waals surface area contributed by atoms with Crippen molar-refractivity contribution < 1.29 is 0 Å². The topological polar surface area (TPSA) is 44.8 Å². The molecular formula is C15H18N4. The summed E-state index contributed by atoms with van der Waals surface area (Å²) < 4.78 is 0. The van der Waals surface area contributed by atoms with Gasteiger partial charge in [0, 0.05) is 17.6 Å². The Hall–Kier alpha value is -1.68. The van der Waals surface area contributed by atoms with Crippen molar-refractivity contribution in [3.63, 3.8) is 0 Å². The number of hydrogen-bond acceptors (Lipinski definition) is 3. The van der Waals surface area contributed by atoms with Crippen molar-refractivity contribution in [2.24, 2.45) is 5.92 Å². The van der Waals surface area contributed by atoms with E-state index in [1.165, 1.54) is 31.4 Å². The molecule has 0 saturated carbocycles. The van der Waals surface area contributed by atoms with Crippen LogP contribution in [0.25, 0.3) is 16.6 Å². The number of likely N-dealkylation sites (N-methyl/N-ethyl adjacent to an activating group) is 1. The van der Waals surface area contributed by atoms with Crippen molar-refractivity contribution in [1.82, 2.24) is 19.9 Å². The molecule has 1 aliphatic carbocycles. The number of nitrogens with one attached hydrogen (secondary N) is 1. The van der Waals surface area contributed by atoms with Crippen LogP contribution in [0.3, 0.4) is 0 Å². The monoisotopic (exact) mass is 254 g/mol. The number of nitrogens with zero attached hydrogens (tertiary/aromatic N) is 3. The second-order valence-corrected chi connectivity index (χ2v) is 5.67. The third kappa shape index (κ3) is 1.63. The van der Waals surface area contributed by atoms with Gasteiger partial charge in [0.05, 0.1) is 5.69 Å². The van der Waals surface area contributed by atoms with Gasteiger partial charge >= 0.3 is 0 Å². The van der Waals surface area contributed by atoms with Crippen molar-refractivity contribution >= 4 is 16.6 Å². The van der Waals surface area contributed by atoms with Crippen molar-refractivity contribution in [1.29, 1.82) is 0 Å². The van der Waals surface area contributed by atoms with Gasteiger partial charge in [0.25, 0.3) is 0 Å². The van der Waals surface area contributed by atoms with Crippen molar-refractivity contribution in [3.8, 4) is 0 Å². The Labute approximate surface area is 112 Å². The highest BCUT2D eigenvalue weighted by Crippen LogP contribution is 2.40. The molecule has 0 aromatic carbocycles. The average molecular weight is 254 g/mol. The van der Waals surface area contributed by atoms with Crippen molar-refractivity contribution in [2.75, 3.05) is 13.6 Å². The minimum Gasteiger partial charge on any atom is -0.346 e. The normalized spacial score (nSPS) is 27.5. The standard InChI is InChI=1S/C15H18N4/c1-19-8-6-10-3-2-4-11(14(10)19)13-12-5-7-16-15(12)18-9-17-13/h4-5,7,9-10,14H,2-3,6,8H2,1H3,(H,16,17,18). The molecule has 4 rings (SSSR count). The molecule has 4 heteroatoms. The number of aromatic nitrogens is 3. The first kappa shape index (κ1) is 11.2. The predicted octanol–water partition coefficient (Wildman–Crippen LogP) is 2.46. The largest absolute Gasteiger partial charge is 0.346 e. The van der Waals surface area contributed by atoms with Crippen LogP contribution in [-0.2, 0) is 0 Å². The van der Waals surface area contributed by atoms with E-state index in [0.29, 0.717) is 6.04 Å². The molecular weight excluding hydrogens is 236 g/mol. The lowest BCUT2D eigenvalue weighted by molar-refractivity contribution is 0.317. The summed E-state index contributed by atoms with van der Waals surface area (Å²) in [5.74, 6) is 0.800. The van der Waals surface area contributed by atoms with Crippen LogP contribution >= 0.6 is 0 Å². The molecule has 2 aromatic rings. The van der Waals surface area contributed by atoms with Crippen LogP contribution < -0.4 is 0 Å². The number of H-pyrrole nitrogens is 1. The smallest absolute Gasteiger partial charge is 0.141 e. The van der Waals surface area contributed by atoms with Crippen LogP contribution in [-0.4, -0.2) is 39.5 Å². The van der Waals surface area contributed by atoms with E-state index in [1.807, 2.05) is 6.20 Å². The van der Waals surface area contributed by atoms with E-state index in [9.17, 15) is 0 Å². The summed E-state index contributed by atoms with van der Waals surface area (Å²) in [6.45, 7) is 1.20. The Kier molecular flexibility index (Phi) is 2.45. The van der Waals surface area contributed by atoms with Gasteiger partial charge in [-0.2, -0.15) is 0 Å². The highest BCUT2D eigenvalue weighted by Gasteiger charge is 2.37. The maximum Gasteiger partial charge on any atom is 0.141 e. The van der Waals surface area contributed by atoms with Gasteiger partial charge in [0.1, 0.15) is 12.0 Å².